The molecule has 0 aromatic carbocycles. The van der Waals surface area contributed by atoms with Gasteiger partial charge in [0.1, 0.15) is 6.17 Å². The number of halogens is 1. The van der Waals surface area contributed by atoms with Crippen LogP contribution in [0.25, 0.3) is 0 Å². The number of carbonyl (C=O) groups excluding carboxylic acids is 2. The van der Waals surface area contributed by atoms with Crippen molar-refractivity contribution in [3.8, 4) is 0 Å². The molecular formula is C24H39FN4O2. The first-order chi connectivity index (χ1) is 14.9. The maximum Gasteiger partial charge on any atom is 0.237 e. The Kier molecular flexibility index (Phi) is 6.01. The summed E-state index contributed by atoms with van der Waals surface area (Å²) >= 11 is 0. The molecule has 7 heteroatoms. The third-order valence-corrected chi connectivity index (χ3v) is 9.04. The topological polar surface area (TPSA) is 64.7 Å². The average molecular weight is 435 g/mol. The van der Waals surface area contributed by atoms with E-state index in [0.29, 0.717) is 36.9 Å². The van der Waals surface area contributed by atoms with E-state index in [2.05, 4.69) is 27.4 Å². The van der Waals surface area contributed by atoms with E-state index in [1.165, 1.54) is 6.42 Å². The van der Waals surface area contributed by atoms with E-state index >= 15 is 0 Å². The highest BCUT2D eigenvalue weighted by molar-refractivity contribution is 5.82. The number of hydrogen-bond donors (Lipinski definition) is 2. The fourth-order valence-electron chi connectivity index (χ4n) is 7.48. The Hall–Kier alpha value is -1.21. The molecule has 9 atom stereocenters. The van der Waals surface area contributed by atoms with Crippen molar-refractivity contribution in [1.29, 1.82) is 0 Å². The van der Waals surface area contributed by atoms with E-state index in [1.807, 2.05) is 0 Å². The molecule has 174 valence electrons. The van der Waals surface area contributed by atoms with Crippen molar-refractivity contribution in [2.45, 2.75) is 114 Å². The van der Waals surface area contributed by atoms with Crippen molar-refractivity contribution in [2.24, 2.45) is 11.8 Å². The predicted octanol–water partition coefficient (Wildman–Crippen LogP) is 2.22. The number of amides is 2. The summed E-state index contributed by atoms with van der Waals surface area (Å²) < 4.78 is 14.4. The van der Waals surface area contributed by atoms with Crippen LogP contribution in [-0.4, -0.2) is 77.1 Å². The molecule has 3 saturated heterocycles. The van der Waals surface area contributed by atoms with E-state index in [9.17, 15) is 14.0 Å². The summed E-state index contributed by atoms with van der Waals surface area (Å²) in [5, 5.41) is 6.79. The van der Waals surface area contributed by atoms with Gasteiger partial charge in [0.15, 0.2) is 0 Å². The van der Waals surface area contributed by atoms with Crippen LogP contribution >= 0.6 is 0 Å². The number of nitrogens with zero attached hydrogens (tertiary/aromatic N) is 2. The highest BCUT2D eigenvalue weighted by Gasteiger charge is 2.47. The Morgan fingerprint density at radius 1 is 0.968 bits per heavy atom. The molecule has 0 radical (unpaired) electrons. The summed E-state index contributed by atoms with van der Waals surface area (Å²) in [6.45, 7) is 5.84. The monoisotopic (exact) mass is 434 g/mol. The number of likely N-dealkylation sites (tertiary alicyclic amines) is 1. The maximum absolute atomic E-state index is 14.4. The minimum Gasteiger partial charge on any atom is -0.352 e. The zero-order valence-electron chi connectivity index (χ0n) is 19.1. The van der Waals surface area contributed by atoms with Crippen molar-refractivity contribution in [1.82, 2.24) is 20.4 Å². The van der Waals surface area contributed by atoms with Crippen molar-refractivity contribution in [3.05, 3.63) is 0 Å². The number of fused-ring (bicyclic) bond motifs is 3. The fraction of sp³-hybridized carbons (Fsp3) is 0.917. The Morgan fingerprint density at radius 3 is 2.39 bits per heavy atom. The highest BCUT2D eigenvalue weighted by Crippen LogP contribution is 2.39. The number of rotatable bonds is 3. The van der Waals surface area contributed by atoms with Gasteiger partial charge >= 0.3 is 0 Å². The molecule has 6 nitrogen and oxygen atoms in total. The van der Waals surface area contributed by atoms with Gasteiger partial charge in [-0.05, 0) is 63.7 Å². The lowest BCUT2D eigenvalue weighted by molar-refractivity contribution is -0.135. The molecule has 3 aliphatic heterocycles. The number of hydrogen-bond acceptors (Lipinski definition) is 4. The molecule has 0 aromatic heterocycles. The molecule has 5 rings (SSSR count). The standard InChI is InChI=1S/C24H39FN4O2/c1-14-6-9-21(25)20-11-22(27-23(14)20)24(31)26-16-4-3-5-17(10-16)28-12-18-7-8-19(13-28)29(18)15(2)30/h14,16-23,27H,3-13H2,1-2H3,(H,26,31)/t14?,16-,17-,18?,19?,20?,21?,22?,23?/m1/s1. The van der Waals surface area contributed by atoms with Crippen LogP contribution < -0.4 is 10.6 Å². The normalized spacial score (nSPS) is 45.4. The van der Waals surface area contributed by atoms with Gasteiger partial charge in [-0.3, -0.25) is 14.5 Å². The summed E-state index contributed by atoms with van der Waals surface area (Å²) in [5.74, 6) is 0.723. The van der Waals surface area contributed by atoms with Gasteiger partial charge in [0, 0.05) is 56.1 Å². The average Bonchev–Trinajstić information content (AvgIpc) is 3.32. The molecule has 2 N–H and O–H groups in total. The van der Waals surface area contributed by atoms with Crippen molar-refractivity contribution < 1.29 is 14.0 Å². The highest BCUT2D eigenvalue weighted by atomic mass is 19.1. The molecule has 0 spiro atoms. The predicted molar refractivity (Wildman–Crippen MR) is 117 cm³/mol. The first-order valence-corrected chi connectivity index (χ1v) is 12.6. The van der Waals surface area contributed by atoms with E-state index in [0.717, 1.165) is 51.6 Å². The lowest BCUT2D eigenvalue weighted by Crippen LogP contribution is -2.59. The Bertz CT molecular complexity index is 673. The lowest BCUT2D eigenvalue weighted by atomic mass is 9.77. The Morgan fingerprint density at radius 2 is 1.71 bits per heavy atom. The second-order valence-corrected chi connectivity index (χ2v) is 11.0. The Balaban J connectivity index is 1.16. The van der Waals surface area contributed by atoms with E-state index in [4.69, 9.17) is 0 Å². The first-order valence-electron chi connectivity index (χ1n) is 12.6. The third kappa shape index (κ3) is 4.12. The molecule has 3 heterocycles. The first kappa shape index (κ1) is 21.6. The van der Waals surface area contributed by atoms with Gasteiger partial charge in [-0.25, -0.2) is 4.39 Å². The number of piperazine rings is 1. The minimum atomic E-state index is -0.769. The molecule has 2 amide bonds. The zero-order chi connectivity index (χ0) is 21.7. The van der Waals surface area contributed by atoms with Crippen LogP contribution in [0.1, 0.15) is 71.6 Å². The quantitative estimate of drug-likeness (QED) is 0.715. The maximum atomic E-state index is 14.4. The van der Waals surface area contributed by atoms with Gasteiger partial charge < -0.3 is 15.5 Å². The number of nitrogens with one attached hydrogen (secondary N) is 2. The van der Waals surface area contributed by atoms with Gasteiger partial charge in [0.25, 0.3) is 0 Å². The summed E-state index contributed by atoms with van der Waals surface area (Å²) in [7, 11) is 0. The van der Waals surface area contributed by atoms with Gasteiger partial charge in [0.05, 0.1) is 6.04 Å². The fourth-order valence-corrected chi connectivity index (χ4v) is 7.48. The molecular weight excluding hydrogens is 395 g/mol. The second-order valence-electron chi connectivity index (χ2n) is 11.0. The molecule has 5 fully saturated rings. The van der Waals surface area contributed by atoms with Crippen LogP contribution in [0.3, 0.4) is 0 Å². The molecule has 2 saturated carbocycles. The summed E-state index contributed by atoms with van der Waals surface area (Å²) in [4.78, 5) is 29.7. The van der Waals surface area contributed by atoms with Crippen LogP contribution in [0.15, 0.2) is 0 Å². The van der Waals surface area contributed by atoms with Crippen molar-refractivity contribution in [2.75, 3.05) is 13.1 Å². The van der Waals surface area contributed by atoms with E-state index < -0.39 is 6.17 Å². The lowest BCUT2D eigenvalue weighted by Gasteiger charge is -2.46. The molecule has 7 unspecified atom stereocenters. The van der Waals surface area contributed by atoms with E-state index in [-0.39, 0.29) is 35.9 Å². The molecule has 31 heavy (non-hydrogen) atoms. The third-order valence-electron chi connectivity index (χ3n) is 9.04. The SMILES string of the molecule is CC(=O)N1C2CCC1CN([C@@H]1CCC[C@@H](NC(=O)C3CC4C(F)CCC(C)C4N3)C1)C2. The van der Waals surface area contributed by atoms with Crippen molar-refractivity contribution >= 4 is 11.8 Å². The van der Waals surface area contributed by atoms with Crippen LogP contribution in [0.2, 0.25) is 0 Å². The van der Waals surface area contributed by atoms with Gasteiger partial charge in [0.2, 0.25) is 11.8 Å². The van der Waals surface area contributed by atoms with Crippen LogP contribution in [0.4, 0.5) is 4.39 Å². The van der Waals surface area contributed by atoms with Gasteiger partial charge in [-0.15, -0.1) is 0 Å². The van der Waals surface area contributed by atoms with Crippen LogP contribution in [0, 0.1) is 11.8 Å². The Labute approximate surface area is 185 Å². The van der Waals surface area contributed by atoms with E-state index in [1.54, 1.807) is 6.92 Å². The summed E-state index contributed by atoms with van der Waals surface area (Å²) in [6, 6.07) is 1.33. The van der Waals surface area contributed by atoms with Gasteiger partial charge in [-0.1, -0.05) is 6.92 Å². The summed E-state index contributed by atoms with van der Waals surface area (Å²) in [6.07, 6.45) is 7.99. The molecule has 5 aliphatic rings. The largest absolute Gasteiger partial charge is 0.352 e. The minimum absolute atomic E-state index is 0.00773. The molecule has 2 bridgehead atoms. The zero-order valence-corrected chi connectivity index (χ0v) is 19.1. The van der Waals surface area contributed by atoms with Crippen LogP contribution in [0.5, 0.6) is 0 Å². The van der Waals surface area contributed by atoms with Crippen molar-refractivity contribution in [3.63, 3.8) is 0 Å². The smallest absolute Gasteiger partial charge is 0.237 e. The molecule has 2 aliphatic carbocycles. The second kappa shape index (κ2) is 8.62. The number of carbonyl (C=O) groups is 2. The van der Waals surface area contributed by atoms with Crippen LogP contribution in [-0.2, 0) is 9.59 Å². The molecule has 0 aromatic rings. The summed E-state index contributed by atoms with van der Waals surface area (Å²) in [5.41, 5.74) is 0. The van der Waals surface area contributed by atoms with Gasteiger partial charge in [-0.2, -0.15) is 0 Å². The number of alkyl halides is 1.